The van der Waals surface area contributed by atoms with E-state index in [0.29, 0.717) is 31.2 Å². The normalized spacial score (nSPS) is 27.8. The van der Waals surface area contributed by atoms with Gasteiger partial charge in [-0.3, -0.25) is 4.79 Å². The number of nitriles is 1. The number of carbonyl (C=O) groups excluding carboxylic acids is 1. The number of benzene rings is 1. The lowest BCUT2D eigenvalue weighted by atomic mass is 9.68. The molecule has 2 bridgehead atoms. The van der Waals surface area contributed by atoms with Crippen molar-refractivity contribution in [3.8, 4) is 11.9 Å². The van der Waals surface area contributed by atoms with Crippen molar-refractivity contribution >= 4 is 12.1 Å². The van der Waals surface area contributed by atoms with Crippen LogP contribution in [-0.4, -0.2) is 33.7 Å². The maximum atomic E-state index is 14.6. The maximum absolute atomic E-state index is 14.6. The Labute approximate surface area is 183 Å². The molecule has 0 N–H and O–H groups in total. The first-order valence-corrected chi connectivity index (χ1v) is 10.6. The van der Waals surface area contributed by atoms with Crippen molar-refractivity contribution in [3.63, 3.8) is 0 Å². The molecule has 1 amide bonds. The van der Waals surface area contributed by atoms with Gasteiger partial charge in [-0.15, -0.1) is 0 Å². The summed E-state index contributed by atoms with van der Waals surface area (Å²) < 4.78 is 34.4. The number of hydrogen-bond acceptors (Lipinski definition) is 6. The van der Waals surface area contributed by atoms with Crippen LogP contribution in [0.4, 0.5) is 8.78 Å². The van der Waals surface area contributed by atoms with E-state index in [0.717, 1.165) is 18.9 Å². The molecule has 7 nitrogen and oxygen atoms in total. The second kappa shape index (κ2) is 7.62. The molecule has 3 saturated carbocycles. The topological polar surface area (TPSA) is 91.5 Å². The van der Waals surface area contributed by atoms with E-state index < -0.39 is 23.1 Å². The van der Waals surface area contributed by atoms with Gasteiger partial charge in [-0.05, 0) is 55.7 Å². The summed E-state index contributed by atoms with van der Waals surface area (Å²) in [4.78, 5) is 21.4. The average molecular weight is 437 g/mol. The summed E-state index contributed by atoms with van der Waals surface area (Å²) in [6, 6.07) is 3.62. The third-order valence-corrected chi connectivity index (χ3v) is 6.94. The highest BCUT2D eigenvalue weighted by atomic mass is 19.1. The second-order valence-corrected chi connectivity index (χ2v) is 8.90. The fraction of sp³-hybridized carbons (Fsp3) is 0.435. The minimum Gasteiger partial charge on any atom is -0.476 e. The predicted molar refractivity (Wildman–Crippen MR) is 109 cm³/mol. The summed E-state index contributed by atoms with van der Waals surface area (Å²) in [6.45, 7) is 1.92. The van der Waals surface area contributed by atoms with Crippen molar-refractivity contribution in [2.75, 3.05) is 6.61 Å². The van der Waals surface area contributed by atoms with E-state index in [2.05, 4.69) is 15.1 Å². The highest BCUT2D eigenvalue weighted by molar-refractivity contribution is 5.86. The van der Waals surface area contributed by atoms with Gasteiger partial charge in [0.25, 0.3) is 0 Å². The summed E-state index contributed by atoms with van der Waals surface area (Å²) in [5.74, 6) is -0.254. The Morgan fingerprint density at radius 3 is 2.78 bits per heavy atom. The molecule has 0 saturated heterocycles. The Hall–Kier alpha value is -3.41. The molecule has 2 unspecified atom stereocenters. The van der Waals surface area contributed by atoms with Crippen LogP contribution in [0.15, 0.2) is 29.6 Å². The number of hydrogen-bond donors (Lipinski definition) is 0. The minimum absolute atomic E-state index is 0.131. The van der Waals surface area contributed by atoms with Gasteiger partial charge in [0.1, 0.15) is 17.7 Å². The van der Waals surface area contributed by atoms with E-state index in [9.17, 15) is 13.6 Å². The molecule has 9 heteroatoms. The van der Waals surface area contributed by atoms with Gasteiger partial charge in [-0.1, -0.05) is 0 Å². The molecule has 2 heterocycles. The van der Waals surface area contributed by atoms with Gasteiger partial charge in [0.05, 0.1) is 30.5 Å². The molecule has 0 spiro atoms. The van der Waals surface area contributed by atoms with Gasteiger partial charge in [-0.25, -0.2) is 23.8 Å². The third kappa shape index (κ3) is 3.30. The van der Waals surface area contributed by atoms with Crippen LogP contribution >= 0.6 is 0 Å². The SMILES string of the molecule is Cc1cc(F)c(C2CC=NN2C(=O)C23CC(COc4cnc(C#N)cn4)C(C2)C3)cc1F. The fourth-order valence-electron chi connectivity index (χ4n) is 5.24. The molecule has 4 aliphatic rings. The molecular weight excluding hydrogens is 416 g/mol. The molecule has 0 radical (unpaired) electrons. The number of aryl methyl sites for hydroxylation is 1. The molecule has 32 heavy (non-hydrogen) atoms. The van der Waals surface area contributed by atoms with Crippen molar-refractivity contribution in [2.45, 2.75) is 38.6 Å². The Balaban J connectivity index is 1.26. The number of fused-ring (bicyclic) bond motifs is 1. The molecule has 6 rings (SSSR count). The Morgan fingerprint density at radius 2 is 2.06 bits per heavy atom. The lowest BCUT2D eigenvalue weighted by molar-refractivity contribution is -0.148. The smallest absolute Gasteiger partial charge is 0.249 e. The third-order valence-electron chi connectivity index (χ3n) is 6.94. The molecule has 2 atom stereocenters. The number of ether oxygens (including phenoxy) is 1. The molecule has 1 aromatic heterocycles. The van der Waals surface area contributed by atoms with Gasteiger partial charge in [0.15, 0.2) is 5.69 Å². The Kier molecular flexibility index (Phi) is 4.88. The molecule has 1 aliphatic heterocycles. The van der Waals surface area contributed by atoms with E-state index in [-0.39, 0.29) is 28.6 Å². The molecule has 1 aromatic carbocycles. The largest absolute Gasteiger partial charge is 0.476 e. The van der Waals surface area contributed by atoms with Crippen LogP contribution in [0.2, 0.25) is 0 Å². The first-order valence-electron chi connectivity index (χ1n) is 10.6. The summed E-state index contributed by atoms with van der Waals surface area (Å²) in [7, 11) is 0. The summed E-state index contributed by atoms with van der Waals surface area (Å²) in [5, 5.41) is 14.4. The van der Waals surface area contributed by atoms with Crippen LogP contribution in [0.5, 0.6) is 5.88 Å². The van der Waals surface area contributed by atoms with E-state index >= 15 is 0 Å². The predicted octanol–water partition coefficient (Wildman–Crippen LogP) is 3.69. The number of halogens is 2. The Bertz CT molecular complexity index is 1140. The zero-order chi connectivity index (χ0) is 22.5. The van der Waals surface area contributed by atoms with Gasteiger partial charge < -0.3 is 4.74 Å². The number of carbonyl (C=O) groups is 1. The first-order chi connectivity index (χ1) is 15.4. The van der Waals surface area contributed by atoms with Crippen molar-refractivity contribution in [1.29, 1.82) is 5.26 Å². The fourth-order valence-corrected chi connectivity index (χ4v) is 5.24. The molecule has 3 aliphatic carbocycles. The first kappa shape index (κ1) is 20.5. The monoisotopic (exact) mass is 437 g/mol. The van der Waals surface area contributed by atoms with Gasteiger partial charge in [-0.2, -0.15) is 10.4 Å². The number of hydrazone groups is 1. The zero-order valence-corrected chi connectivity index (χ0v) is 17.5. The van der Waals surface area contributed by atoms with E-state index in [1.54, 1.807) is 6.21 Å². The van der Waals surface area contributed by atoms with Crippen molar-refractivity contribution in [1.82, 2.24) is 15.0 Å². The van der Waals surface area contributed by atoms with E-state index in [1.807, 2.05) is 6.07 Å². The second-order valence-electron chi connectivity index (χ2n) is 8.90. The van der Waals surface area contributed by atoms with Crippen LogP contribution in [0, 0.1) is 47.1 Å². The molecule has 3 fully saturated rings. The lowest BCUT2D eigenvalue weighted by Gasteiger charge is -2.40. The standard InChI is InChI=1S/C23H21F2N5O2/c1-13-4-19(25)17(5-18(13)24)20-2-3-29-30(20)22(31)23-6-14(7-23)15(8-23)12-32-21-11-27-16(9-26)10-28-21/h3-5,10-11,14-15,20H,2,6-8,12H2,1H3. The highest BCUT2D eigenvalue weighted by Crippen LogP contribution is 2.63. The quantitative estimate of drug-likeness (QED) is 0.712. The van der Waals surface area contributed by atoms with Crippen LogP contribution in [0.3, 0.4) is 0 Å². The van der Waals surface area contributed by atoms with Crippen LogP contribution < -0.4 is 4.74 Å². The minimum atomic E-state index is -0.629. The molecule has 2 aromatic rings. The van der Waals surface area contributed by atoms with Gasteiger partial charge in [0, 0.05) is 18.2 Å². The number of rotatable bonds is 5. The number of amides is 1. The van der Waals surface area contributed by atoms with Crippen LogP contribution in [0.1, 0.15) is 48.5 Å². The number of nitrogens with zero attached hydrogens (tertiary/aromatic N) is 5. The molecular formula is C23H21F2N5O2. The highest BCUT2D eigenvalue weighted by Gasteiger charge is 2.62. The summed E-state index contributed by atoms with van der Waals surface area (Å²) >= 11 is 0. The van der Waals surface area contributed by atoms with Crippen LogP contribution in [0.25, 0.3) is 0 Å². The zero-order valence-electron chi connectivity index (χ0n) is 17.5. The summed E-state index contributed by atoms with van der Waals surface area (Å²) in [5.41, 5.74) is 0.0718. The number of aromatic nitrogens is 2. The van der Waals surface area contributed by atoms with E-state index in [1.165, 1.54) is 30.4 Å². The lowest BCUT2D eigenvalue weighted by Crippen LogP contribution is -2.45. The summed E-state index contributed by atoms with van der Waals surface area (Å²) in [6.07, 6.45) is 6.85. The van der Waals surface area contributed by atoms with Gasteiger partial charge >= 0.3 is 0 Å². The maximum Gasteiger partial charge on any atom is 0.249 e. The average Bonchev–Trinajstić information content (AvgIpc) is 3.48. The molecule has 164 valence electrons. The van der Waals surface area contributed by atoms with Gasteiger partial charge in [0.2, 0.25) is 11.8 Å². The van der Waals surface area contributed by atoms with Crippen LogP contribution in [-0.2, 0) is 4.79 Å². The van der Waals surface area contributed by atoms with Crippen molar-refractivity contribution < 1.29 is 18.3 Å². The van der Waals surface area contributed by atoms with E-state index in [4.69, 9.17) is 10.00 Å². The van der Waals surface area contributed by atoms with Crippen molar-refractivity contribution in [3.05, 3.63) is 53.0 Å². The Morgan fingerprint density at radius 1 is 1.25 bits per heavy atom. The van der Waals surface area contributed by atoms with Crippen molar-refractivity contribution in [2.24, 2.45) is 22.4 Å².